The molecule has 8 nitrogen and oxygen atoms in total. The number of methoxy groups -OCH3 is 2. The minimum absolute atomic E-state index is 0.00335. The fraction of sp³-hybridized carbons (Fsp3) is 0.306. The Morgan fingerprint density at radius 2 is 1.14 bits per heavy atom. The van der Waals surface area contributed by atoms with E-state index in [-0.39, 0.29) is 11.8 Å². The Kier molecular flexibility index (Phi) is 8.89. The number of nitrogens with zero attached hydrogens (tertiary/aromatic N) is 4. The van der Waals surface area contributed by atoms with Crippen molar-refractivity contribution in [3.63, 3.8) is 0 Å². The van der Waals surface area contributed by atoms with Crippen molar-refractivity contribution in [3.8, 4) is 34.0 Å². The molecule has 0 N–H and O–H groups in total. The van der Waals surface area contributed by atoms with Crippen molar-refractivity contribution < 1.29 is 19.1 Å². The van der Waals surface area contributed by atoms with Crippen LogP contribution in [0.4, 0.5) is 0 Å². The van der Waals surface area contributed by atoms with Gasteiger partial charge in [-0.3, -0.25) is 14.5 Å². The monoisotopic (exact) mass is 590 g/mol. The van der Waals surface area contributed by atoms with Gasteiger partial charge in [-0.05, 0) is 61.4 Å². The lowest BCUT2D eigenvalue weighted by atomic mass is 10.0. The molecule has 1 aromatic heterocycles. The minimum atomic E-state index is 0.00335. The van der Waals surface area contributed by atoms with Gasteiger partial charge in [0.15, 0.2) is 0 Å². The highest BCUT2D eigenvalue weighted by molar-refractivity contribution is 5.96. The quantitative estimate of drug-likeness (QED) is 0.283. The number of likely N-dealkylation sites (tertiary alicyclic amines) is 1. The van der Waals surface area contributed by atoms with E-state index in [4.69, 9.17) is 14.5 Å². The Hall–Kier alpha value is -4.69. The molecule has 0 unspecified atom stereocenters. The van der Waals surface area contributed by atoms with Gasteiger partial charge in [-0.15, -0.1) is 0 Å². The fourth-order valence-electron chi connectivity index (χ4n) is 6.18. The SMILES string of the molecule is COc1cccc(-c2cc(C(=O)N3CCN(C4CCN(C(=O)c5ccccc5)CC4)CC3)cc(-c3cccc(OC)c3)n2)c1. The summed E-state index contributed by atoms with van der Waals surface area (Å²) in [6.45, 7) is 4.48. The van der Waals surface area contributed by atoms with Crippen molar-refractivity contribution in [2.75, 3.05) is 53.5 Å². The van der Waals surface area contributed by atoms with E-state index in [1.807, 2.05) is 101 Å². The molecule has 44 heavy (non-hydrogen) atoms. The predicted molar refractivity (Wildman–Crippen MR) is 171 cm³/mol. The largest absolute Gasteiger partial charge is 0.497 e. The molecule has 3 aromatic carbocycles. The second-order valence-corrected chi connectivity index (χ2v) is 11.3. The Balaban J connectivity index is 1.15. The molecule has 2 fully saturated rings. The van der Waals surface area contributed by atoms with Gasteiger partial charge in [0.05, 0.1) is 25.6 Å². The summed E-state index contributed by atoms with van der Waals surface area (Å²) in [7, 11) is 3.28. The third-order valence-corrected chi connectivity index (χ3v) is 8.69. The van der Waals surface area contributed by atoms with Crippen LogP contribution in [0.3, 0.4) is 0 Å². The van der Waals surface area contributed by atoms with Crippen LogP contribution in [0.25, 0.3) is 22.5 Å². The summed E-state index contributed by atoms with van der Waals surface area (Å²) in [5.74, 6) is 1.58. The van der Waals surface area contributed by atoms with Crippen LogP contribution in [0.1, 0.15) is 33.6 Å². The number of amides is 2. The minimum Gasteiger partial charge on any atom is -0.497 e. The molecular weight excluding hydrogens is 552 g/mol. The van der Waals surface area contributed by atoms with Gasteiger partial charge in [0.1, 0.15) is 11.5 Å². The molecule has 0 atom stereocenters. The lowest BCUT2D eigenvalue weighted by molar-refractivity contribution is 0.0412. The first-order valence-corrected chi connectivity index (χ1v) is 15.2. The van der Waals surface area contributed by atoms with Crippen LogP contribution in [-0.4, -0.2) is 91.0 Å². The second kappa shape index (κ2) is 13.3. The highest BCUT2D eigenvalue weighted by Gasteiger charge is 2.31. The summed E-state index contributed by atoms with van der Waals surface area (Å²) in [6, 6.07) is 29.2. The maximum atomic E-state index is 13.9. The average Bonchev–Trinajstić information content (AvgIpc) is 3.11. The van der Waals surface area contributed by atoms with Crippen molar-refractivity contribution in [2.45, 2.75) is 18.9 Å². The molecular formula is C36H38N4O4. The molecule has 2 amide bonds. The standard InChI is InChI=1S/C36H38N4O4/c1-43-31-12-6-10-27(22-31)33-24-29(25-34(37-33)28-11-7-13-32(23-28)44-2)36(42)40-20-18-38(19-21-40)30-14-16-39(17-15-30)35(41)26-8-4-3-5-9-26/h3-13,22-25,30H,14-21H2,1-2H3. The summed E-state index contributed by atoms with van der Waals surface area (Å²) >= 11 is 0. The van der Waals surface area contributed by atoms with E-state index in [1.165, 1.54) is 0 Å². The topological polar surface area (TPSA) is 75.2 Å². The van der Waals surface area contributed by atoms with Gasteiger partial charge in [-0.2, -0.15) is 0 Å². The number of benzene rings is 3. The molecule has 4 aromatic rings. The van der Waals surface area contributed by atoms with E-state index in [2.05, 4.69) is 4.90 Å². The predicted octanol–water partition coefficient (Wildman–Crippen LogP) is 5.50. The number of carbonyl (C=O) groups is 2. The third kappa shape index (κ3) is 6.45. The van der Waals surface area contributed by atoms with Crippen molar-refractivity contribution in [1.29, 1.82) is 0 Å². The number of pyridine rings is 1. The van der Waals surface area contributed by atoms with E-state index < -0.39 is 0 Å². The normalized spacial score (nSPS) is 16.0. The van der Waals surface area contributed by atoms with Crippen molar-refractivity contribution in [2.24, 2.45) is 0 Å². The second-order valence-electron chi connectivity index (χ2n) is 11.3. The molecule has 6 rings (SSSR count). The fourth-order valence-corrected chi connectivity index (χ4v) is 6.18. The molecule has 3 heterocycles. The zero-order chi connectivity index (χ0) is 30.5. The highest BCUT2D eigenvalue weighted by atomic mass is 16.5. The molecule has 2 saturated heterocycles. The van der Waals surface area contributed by atoms with Crippen LogP contribution in [-0.2, 0) is 0 Å². The van der Waals surface area contributed by atoms with Gasteiger partial charge in [0, 0.05) is 67.6 Å². The molecule has 0 aliphatic carbocycles. The number of piperazine rings is 1. The Morgan fingerprint density at radius 1 is 0.614 bits per heavy atom. The molecule has 226 valence electrons. The first-order chi connectivity index (χ1) is 21.5. The van der Waals surface area contributed by atoms with Crippen LogP contribution >= 0.6 is 0 Å². The van der Waals surface area contributed by atoms with Crippen molar-refractivity contribution in [3.05, 3.63) is 102 Å². The van der Waals surface area contributed by atoms with Crippen LogP contribution in [0, 0.1) is 0 Å². The zero-order valence-electron chi connectivity index (χ0n) is 25.3. The van der Waals surface area contributed by atoms with Gasteiger partial charge >= 0.3 is 0 Å². The van der Waals surface area contributed by atoms with E-state index in [0.29, 0.717) is 36.1 Å². The molecule has 0 radical (unpaired) electrons. The first kappa shape index (κ1) is 29.4. The van der Waals surface area contributed by atoms with Gasteiger partial charge < -0.3 is 19.3 Å². The van der Waals surface area contributed by atoms with E-state index in [1.54, 1.807) is 14.2 Å². The molecule has 0 bridgehead atoms. The molecule has 8 heteroatoms. The van der Waals surface area contributed by atoms with E-state index >= 15 is 0 Å². The summed E-state index contributed by atoms with van der Waals surface area (Å²) in [5.41, 5.74) is 4.54. The van der Waals surface area contributed by atoms with E-state index in [9.17, 15) is 9.59 Å². The van der Waals surface area contributed by atoms with Crippen molar-refractivity contribution in [1.82, 2.24) is 19.7 Å². The first-order valence-electron chi connectivity index (χ1n) is 15.2. The summed E-state index contributed by atoms with van der Waals surface area (Å²) in [5, 5.41) is 0. The highest BCUT2D eigenvalue weighted by Crippen LogP contribution is 2.30. The summed E-state index contributed by atoms with van der Waals surface area (Å²) < 4.78 is 10.9. The van der Waals surface area contributed by atoms with Crippen LogP contribution < -0.4 is 9.47 Å². The van der Waals surface area contributed by atoms with Gasteiger partial charge in [-0.25, -0.2) is 4.98 Å². The molecule has 2 aliphatic rings. The Bertz CT molecular complexity index is 1540. The Morgan fingerprint density at radius 3 is 1.68 bits per heavy atom. The maximum absolute atomic E-state index is 13.9. The van der Waals surface area contributed by atoms with Crippen LogP contribution in [0.2, 0.25) is 0 Å². The van der Waals surface area contributed by atoms with Crippen molar-refractivity contribution >= 4 is 11.8 Å². The average molecular weight is 591 g/mol. The number of hydrogen-bond donors (Lipinski definition) is 0. The van der Waals surface area contributed by atoms with Gasteiger partial charge in [0.2, 0.25) is 0 Å². The summed E-state index contributed by atoms with van der Waals surface area (Å²) in [4.78, 5) is 38.2. The number of hydrogen-bond acceptors (Lipinski definition) is 6. The smallest absolute Gasteiger partial charge is 0.254 e. The van der Waals surface area contributed by atoms with Crippen LogP contribution in [0.15, 0.2) is 91.0 Å². The lowest BCUT2D eigenvalue weighted by Crippen LogP contribution is -2.54. The molecule has 0 saturated carbocycles. The summed E-state index contributed by atoms with van der Waals surface area (Å²) in [6.07, 6.45) is 1.90. The van der Waals surface area contributed by atoms with E-state index in [0.717, 1.165) is 67.2 Å². The Labute approximate surface area is 258 Å². The van der Waals surface area contributed by atoms with Gasteiger partial charge in [-0.1, -0.05) is 42.5 Å². The number of ether oxygens (including phenoxy) is 2. The number of aromatic nitrogens is 1. The molecule has 0 spiro atoms. The van der Waals surface area contributed by atoms with Crippen LogP contribution in [0.5, 0.6) is 11.5 Å². The lowest BCUT2D eigenvalue weighted by Gasteiger charge is -2.42. The number of carbonyl (C=O) groups excluding carboxylic acids is 2. The third-order valence-electron chi connectivity index (χ3n) is 8.69. The molecule has 2 aliphatic heterocycles. The number of piperidine rings is 1. The number of rotatable bonds is 7. The maximum Gasteiger partial charge on any atom is 0.254 e. The van der Waals surface area contributed by atoms with Gasteiger partial charge in [0.25, 0.3) is 11.8 Å². The zero-order valence-corrected chi connectivity index (χ0v) is 25.3.